The number of aryl methyl sites for hydroxylation is 1. The second kappa shape index (κ2) is 11.3. The van der Waals surface area contributed by atoms with Gasteiger partial charge in [0.25, 0.3) is 0 Å². The summed E-state index contributed by atoms with van der Waals surface area (Å²) in [5.41, 5.74) is 6.07. The van der Waals surface area contributed by atoms with Crippen molar-refractivity contribution in [1.82, 2.24) is 19.5 Å². The molecule has 3 aromatic carbocycles. The molecule has 7 nitrogen and oxygen atoms in total. The van der Waals surface area contributed by atoms with E-state index in [1.54, 1.807) is 12.5 Å². The number of hydrogen-bond donors (Lipinski definition) is 1. The molecule has 38 heavy (non-hydrogen) atoms. The summed E-state index contributed by atoms with van der Waals surface area (Å²) >= 11 is 0. The largest absolute Gasteiger partial charge is 0.378 e. The first-order chi connectivity index (χ1) is 18.5. The number of Topliss-reactive ketones (excluding diaryl/α,β-unsaturated/α-hetero) is 1. The topological polar surface area (TPSA) is 75.9 Å². The lowest BCUT2D eigenvalue weighted by Crippen LogP contribution is -2.10. The summed E-state index contributed by atoms with van der Waals surface area (Å²) in [7, 11) is 3.98. The molecule has 1 N–H and O–H groups in total. The minimum Gasteiger partial charge on any atom is -0.378 e. The summed E-state index contributed by atoms with van der Waals surface area (Å²) in [5.74, 6) is 1.50. The van der Waals surface area contributed by atoms with Gasteiger partial charge in [0.2, 0.25) is 5.95 Å². The molecule has 192 valence electrons. The molecule has 0 bridgehead atoms. The van der Waals surface area contributed by atoms with Crippen molar-refractivity contribution >= 4 is 28.5 Å². The molecule has 0 fully saturated rings. The molecule has 0 unspecified atom stereocenters. The van der Waals surface area contributed by atoms with Crippen molar-refractivity contribution in [3.05, 3.63) is 108 Å². The lowest BCUT2D eigenvalue weighted by Gasteiger charge is -2.14. The molecule has 7 heteroatoms. The predicted molar refractivity (Wildman–Crippen MR) is 153 cm³/mol. The highest BCUT2D eigenvalue weighted by atomic mass is 16.1. The lowest BCUT2D eigenvalue weighted by molar-refractivity contribution is 0.0980. The van der Waals surface area contributed by atoms with Crippen LogP contribution >= 0.6 is 0 Å². The number of anilines is 2. The molecule has 0 amide bonds. The van der Waals surface area contributed by atoms with E-state index in [-0.39, 0.29) is 11.8 Å². The number of nitrogens with one attached hydrogen (secondary N) is 1. The van der Waals surface area contributed by atoms with E-state index in [1.165, 1.54) is 11.1 Å². The van der Waals surface area contributed by atoms with Crippen molar-refractivity contribution in [3.8, 4) is 5.82 Å². The van der Waals surface area contributed by atoms with E-state index >= 15 is 0 Å². The first-order valence-electron chi connectivity index (χ1n) is 12.9. The minimum absolute atomic E-state index is 0.0813. The van der Waals surface area contributed by atoms with Crippen molar-refractivity contribution in [2.45, 2.75) is 32.2 Å². The number of aromatic nitrogens is 4. The first kappa shape index (κ1) is 25.1. The first-order valence-corrected chi connectivity index (χ1v) is 12.9. The van der Waals surface area contributed by atoms with Crippen LogP contribution in [-0.4, -0.2) is 39.4 Å². The van der Waals surface area contributed by atoms with E-state index in [0.717, 1.165) is 40.9 Å². The van der Waals surface area contributed by atoms with E-state index < -0.39 is 0 Å². The van der Waals surface area contributed by atoms with E-state index in [9.17, 15) is 4.79 Å². The van der Waals surface area contributed by atoms with Gasteiger partial charge in [0, 0.05) is 38.0 Å². The molecular weight excluding hydrogens is 472 g/mol. The lowest BCUT2D eigenvalue weighted by atomic mass is 10.0. The average molecular weight is 505 g/mol. The predicted octanol–water partition coefficient (Wildman–Crippen LogP) is 6.26. The molecule has 2 heterocycles. The maximum Gasteiger partial charge on any atom is 0.225 e. The molecule has 0 aliphatic carbocycles. The maximum atomic E-state index is 12.6. The molecule has 0 aliphatic rings. The van der Waals surface area contributed by atoms with E-state index in [4.69, 9.17) is 4.98 Å². The Kier molecular flexibility index (Phi) is 7.45. The summed E-state index contributed by atoms with van der Waals surface area (Å²) in [6, 6.07) is 26.3. The molecule has 0 aliphatic heterocycles. The summed E-state index contributed by atoms with van der Waals surface area (Å²) in [4.78, 5) is 28.4. The fourth-order valence-corrected chi connectivity index (χ4v) is 4.51. The Morgan fingerprint density at radius 1 is 0.974 bits per heavy atom. The van der Waals surface area contributed by atoms with Gasteiger partial charge in [-0.05, 0) is 73.4 Å². The van der Waals surface area contributed by atoms with Crippen LogP contribution < -0.4 is 10.2 Å². The van der Waals surface area contributed by atoms with Crippen molar-refractivity contribution in [2.24, 2.45) is 0 Å². The molecule has 0 saturated carbocycles. The Balaban J connectivity index is 1.23. The van der Waals surface area contributed by atoms with Crippen molar-refractivity contribution in [1.29, 1.82) is 0 Å². The number of carbonyl (C=O) groups is 1. The van der Waals surface area contributed by atoms with Gasteiger partial charge in [-0.15, -0.1) is 0 Å². The summed E-state index contributed by atoms with van der Waals surface area (Å²) < 4.78 is 1.97. The summed E-state index contributed by atoms with van der Waals surface area (Å²) in [5, 5.41) is 3.38. The van der Waals surface area contributed by atoms with Gasteiger partial charge in [-0.3, -0.25) is 9.36 Å². The number of hydrogen-bond acceptors (Lipinski definition) is 6. The Labute approximate surface area is 223 Å². The van der Waals surface area contributed by atoms with Crippen LogP contribution in [0.25, 0.3) is 16.9 Å². The Morgan fingerprint density at radius 2 is 1.76 bits per heavy atom. The third-order valence-electron chi connectivity index (χ3n) is 6.72. The fourth-order valence-electron chi connectivity index (χ4n) is 4.51. The van der Waals surface area contributed by atoms with Crippen LogP contribution in [0.3, 0.4) is 0 Å². The highest BCUT2D eigenvalue weighted by Crippen LogP contribution is 2.22. The zero-order valence-corrected chi connectivity index (χ0v) is 22.0. The highest BCUT2D eigenvalue weighted by Gasteiger charge is 2.11. The quantitative estimate of drug-likeness (QED) is 0.226. The average Bonchev–Trinajstić information content (AvgIpc) is 3.37. The van der Waals surface area contributed by atoms with Gasteiger partial charge >= 0.3 is 0 Å². The van der Waals surface area contributed by atoms with Gasteiger partial charge in [-0.2, -0.15) is 4.98 Å². The number of rotatable bonds is 10. The second-order valence-corrected chi connectivity index (χ2v) is 9.67. The van der Waals surface area contributed by atoms with Crippen molar-refractivity contribution in [2.75, 3.05) is 24.3 Å². The molecule has 0 radical (unpaired) electrons. The van der Waals surface area contributed by atoms with Crippen LogP contribution in [-0.2, 0) is 6.42 Å². The van der Waals surface area contributed by atoms with Gasteiger partial charge in [0.05, 0.1) is 17.1 Å². The van der Waals surface area contributed by atoms with E-state index in [1.807, 2.05) is 72.1 Å². The smallest absolute Gasteiger partial charge is 0.225 e. The van der Waals surface area contributed by atoms with E-state index in [0.29, 0.717) is 12.4 Å². The summed E-state index contributed by atoms with van der Waals surface area (Å²) in [6.45, 7) is 2.09. The second-order valence-electron chi connectivity index (χ2n) is 9.67. The summed E-state index contributed by atoms with van der Waals surface area (Å²) in [6.07, 6.45) is 5.69. The maximum absolute atomic E-state index is 12.6. The van der Waals surface area contributed by atoms with Crippen LogP contribution in [0.1, 0.15) is 47.3 Å². The van der Waals surface area contributed by atoms with Crippen LogP contribution in [0.4, 0.5) is 11.6 Å². The number of nitrogens with zero attached hydrogens (tertiary/aromatic N) is 5. The Bertz CT molecular complexity index is 1530. The third-order valence-corrected chi connectivity index (χ3v) is 6.72. The number of benzene rings is 3. The zero-order valence-electron chi connectivity index (χ0n) is 22.0. The van der Waals surface area contributed by atoms with Crippen molar-refractivity contribution < 1.29 is 4.79 Å². The Morgan fingerprint density at radius 3 is 2.53 bits per heavy atom. The Hall–Kier alpha value is -4.52. The normalized spacial score (nSPS) is 11.9. The number of imidazole rings is 1. The molecule has 5 aromatic rings. The van der Waals surface area contributed by atoms with Crippen LogP contribution in [0, 0.1) is 0 Å². The SMILES string of the molecule is C[C@H](Nc1nccc(-n2cnc3cc(CCCC(=O)c4ccc(N(C)C)cc4)ccc32)n1)c1ccccc1. The zero-order chi connectivity index (χ0) is 26.5. The molecule has 5 rings (SSSR count). The molecule has 0 spiro atoms. The van der Waals surface area contributed by atoms with Gasteiger partial charge in [-0.25, -0.2) is 9.97 Å². The number of ketones is 1. The molecule has 0 saturated heterocycles. The number of carbonyl (C=O) groups excluding carboxylic acids is 1. The van der Waals surface area contributed by atoms with E-state index in [2.05, 4.69) is 52.5 Å². The monoisotopic (exact) mass is 504 g/mol. The number of fused-ring (bicyclic) bond motifs is 1. The fraction of sp³-hybridized carbons (Fsp3) is 0.226. The molecule has 2 aromatic heterocycles. The van der Waals surface area contributed by atoms with Crippen LogP contribution in [0.5, 0.6) is 0 Å². The van der Waals surface area contributed by atoms with Crippen molar-refractivity contribution in [3.63, 3.8) is 0 Å². The highest BCUT2D eigenvalue weighted by molar-refractivity contribution is 5.96. The molecular formula is C31H32N6O. The molecule has 1 atom stereocenters. The van der Waals surface area contributed by atoms with Crippen LogP contribution in [0.2, 0.25) is 0 Å². The van der Waals surface area contributed by atoms with Gasteiger partial charge < -0.3 is 10.2 Å². The third kappa shape index (κ3) is 5.72. The van der Waals surface area contributed by atoms with Crippen LogP contribution in [0.15, 0.2) is 91.4 Å². The van der Waals surface area contributed by atoms with Gasteiger partial charge in [0.15, 0.2) is 5.78 Å². The minimum atomic E-state index is 0.0813. The van der Waals surface area contributed by atoms with Gasteiger partial charge in [-0.1, -0.05) is 36.4 Å². The standard InChI is InChI=1S/C31H32N6O/c1-22(24-9-5-4-6-10-24)34-31-32-19-18-30(35-31)37-21-33-27-20-23(12-17-28(27)37)8-7-11-29(38)25-13-15-26(16-14-25)36(2)3/h4-6,9-10,12-22H,7-8,11H2,1-3H3,(H,32,34,35)/t22-/m0/s1. The van der Waals surface area contributed by atoms with Gasteiger partial charge in [0.1, 0.15) is 12.1 Å².